The monoisotopic (exact) mass is 311 g/mol. The second-order valence-electron chi connectivity index (χ2n) is 4.08. The van der Waals surface area contributed by atoms with E-state index in [-0.39, 0.29) is 16.5 Å². The van der Waals surface area contributed by atoms with Gasteiger partial charge in [0, 0.05) is 23.8 Å². The molecule has 2 aromatic rings. The summed E-state index contributed by atoms with van der Waals surface area (Å²) in [6.07, 6.45) is 2.08. The molecule has 0 bridgehead atoms. The molecule has 0 radical (unpaired) electrons. The van der Waals surface area contributed by atoms with Gasteiger partial charge >= 0.3 is 5.69 Å². The highest BCUT2D eigenvalue weighted by Gasteiger charge is 2.15. The minimum atomic E-state index is -0.510. The van der Waals surface area contributed by atoms with Crippen molar-refractivity contribution in [3.63, 3.8) is 0 Å². The minimum Gasteiger partial charge on any atom is -0.364 e. The Morgan fingerprint density at radius 3 is 2.55 bits per heavy atom. The van der Waals surface area contributed by atoms with Crippen LogP contribution in [0.4, 0.5) is 11.5 Å². The van der Waals surface area contributed by atoms with Crippen LogP contribution in [0, 0.1) is 10.1 Å². The predicted molar refractivity (Wildman–Crippen MR) is 79.5 cm³/mol. The third-order valence-corrected chi connectivity index (χ3v) is 3.11. The second kappa shape index (κ2) is 6.54. The smallest absolute Gasteiger partial charge is 0.312 e. The van der Waals surface area contributed by atoms with Gasteiger partial charge in [0.1, 0.15) is 0 Å². The van der Waals surface area contributed by atoms with Crippen molar-refractivity contribution in [3.05, 3.63) is 62.3 Å². The summed E-state index contributed by atoms with van der Waals surface area (Å²) in [6.45, 7) is 0.525. The summed E-state index contributed by atoms with van der Waals surface area (Å²) in [4.78, 5) is 14.3. The lowest BCUT2D eigenvalue weighted by Gasteiger charge is -2.06. The summed E-state index contributed by atoms with van der Waals surface area (Å²) in [5, 5.41) is 14.8. The third kappa shape index (κ3) is 3.82. The molecule has 0 fully saturated rings. The zero-order valence-corrected chi connectivity index (χ0v) is 11.9. The summed E-state index contributed by atoms with van der Waals surface area (Å²) < 4.78 is 0. The van der Waals surface area contributed by atoms with E-state index in [0.29, 0.717) is 18.0 Å². The number of nitrogens with zero attached hydrogens (tertiary/aromatic N) is 2. The molecule has 2 rings (SSSR count). The normalized spacial score (nSPS) is 10.3. The van der Waals surface area contributed by atoms with Gasteiger partial charge < -0.3 is 5.32 Å². The molecule has 1 aromatic heterocycles. The molecule has 0 saturated heterocycles. The maximum absolute atomic E-state index is 10.9. The second-order valence-corrected chi connectivity index (χ2v) is 4.95. The first kappa shape index (κ1) is 14.6. The lowest BCUT2D eigenvalue weighted by Crippen LogP contribution is -2.08. The summed E-state index contributed by atoms with van der Waals surface area (Å²) in [5.74, 6) is 0.216. The van der Waals surface area contributed by atoms with Gasteiger partial charge in [-0.1, -0.05) is 35.3 Å². The van der Waals surface area contributed by atoms with E-state index in [1.807, 2.05) is 12.1 Å². The van der Waals surface area contributed by atoms with Crippen molar-refractivity contribution in [2.75, 3.05) is 11.9 Å². The van der Waals surface area contributed by atoms with Crippen LogP contribution in [-0.4, -0.2) is 16.5 Å². The zero-order valence-electron chi connectivity index (χ0n) is 10.3. The van der Waals surface area contributed by atoms with Crippen molar-refractivity contribution in [1.29, 1.82) is 0 Å². The molecule has 1 N–H and O–H groups in total. The molecule has 0 unspecified atom stereocenters. The standard InChI is InChI=1S/C13H11Cl2N3O2/c14-10-3-1-9(2-4-10)5-6-16-13-12(18(19)20)7-11(15)8-17-13/h1-4,7-8H,5-6H2,(H,16,17). The number of nitrogens with one attached hydrogen (secondary N) is 1. The number of aromatic nitrogens is 1. The fourth-order valence-electron chi connectivity index (χ4n) is 1.68. The van der Waals surface area contributed by atoms with Crippen molar-refractivity contribution in [3.8, 4) is 0 Å². The van der Waals surface area contributed by atoms with Crippen LogP contribution in [0.5, 0.6) is 0 Å². The number of anilines is 1. The Morgan fingerprint density at radius 1 is 1.20 bits per heavy atom. The van der Waals surface area contributed by atoms with Gasteiger partial charge in [0.25, 0.3) is 0 Å². The van der Waals surface area contributed by atoms with E-state index in [9.17, 15) is 10.1 Å². The van der Waals surface area contributed by atoms with E-state index in [1.54, 1.807) is 12.1 Å². The van der Waals surface area contributed by atoms with Crippen molar-refractivity contribution < 1.29 is 4.92 Å². The summed E-state index contributed by atoms with van der Waals surface area (Å²) in [5.41, 5.74) is 0.951. The first-order valence-electron chi connectivity index (χ1n) is 5.84. The lowest BCUT2D eigenvalue weighted by molar-refractivity contribution is -0.384. The van der Waals surface area contributed by atoms with Gasteiger partial charge in [0.2, 0.25) is 5.82 Å². The summed E-state index contributed by atoms with van der Waals surface area (Å²) in [7, 11) is 0. The number of hydrogen-bond acceptors (Lipinski definition) is 4. The molecule has 5 nitrogen and oxygen atoms in total. The quantitative estimate of drug-likeness (QED) is 0.670. The van der Waals surface area contributed by atoms with Crippen molar-refractivity contribution >= 4 is 34.7 Å². The van der Waals surface area contributed by atoms with E-state index in [0.717, 1.165) is 5.56 Å². The largest absolute Gasteiger partial charge is 0.364 e. The summed E-state index contributed by atoms with van der Waals surface area (Å²) >= 11 is 11.5. The van der Waals surface area contributed by atoms with Crippen LogP contribution >= 0.6 is 23.2 Å². The highest BCUT2D eigenvalue weighted by Crippen LogP contribution is 2.24. The molecule has 0 spiro atoms. The molecule has 0 saturated carbocycles. The number of benzene rings is 1. The van der Waals surface area contributed by atoms with E-state index in [1.165, 1.54) is 12.3 Å². The molecule has 20 heavy (non-hydrogen) atoms. The number of rotatable bonds is 5. The van der Waals surface area contributed by atoms with Gasteiger partial charge in [-0.05, 0) is 24.1 Å². The van der Waals surface area contributed by atoms with Gasteiger partial charge in [-0.15, -0.1) is 0 Å². The molecular formula is C13H11Cl2N3O2. The molecule has 0 amide bonds. The van der Waals surface area contributed by atoms with Crippen LogP contribution in [0.1, 0.15) is 5.56 Å². The third-order valence-electron chi connectivity index (χ3n) is 2.65. The Balaban J connectivity index is 2.00. The number of nitro groups is 1. The number of halogens is 2. The molecular weight excluding hydrogens is 301 g/mol. The van der Waals surface area contributed by atoms with E-state index < -0.39 is 4.92 Å². The zero-order chi connectivity index (χ0) is 14.5. The van der Waals surface area contributed by atoms with Gasteiger partial charge in [0.15, 0.2) is 0 Å². The minimum absolute atomic E-state index is 0.131. The van der Waals surface area contributed by atoms with Crippen LogP contribution < -0.4 is 5.32 Å². The van der Waals surface area contributed by atoms with Crippen molar-refractivity contribution in [2.45, 2.75) is 6.42 Å². The average Bonchev–Trinajstić information content (AvgIpc) is 2.42. The summed E-state index contributed by atoms with van der Waals surface area (Å²) in [6, 6.07) is 8.71. The lowest BCUT2D eigenvalue weighted by atomic mass is 10.1. The molecule has 7 heteroatoms. The van der Waals surface area contributed by atoms with Crippen LogP contribution in [0.25, 0.3) is 0 Å². The Labute approximate surface area is 125 Å². The van der Waals surface area contributed by atoms with Crippen LogP contribution in [0.2, 0.25) is 10.0 Å². The van der Waals surface area contributed by atoms with Crippen LogP contribution in [0.15, 0.2) is 36.5 Å². The fourth-order valence-corrected chi connectivity index (χ4v) is 1.96. The molecule has 104 valence electrons. The van der Waals surface area contributed by atoms with Crippen LogP contribution in [0.3, 0.4) is 0 Å². The highest BCUT2D eigenvalue weighted by atomic mass is 35.5. The van der Waals surface area contributed by atoms with Gasteiger partial charge in [0.05, 0.1) is 9.95 Å². The SMILES string of the molecule is O=[N+]([O-])c1cc(Cl)cnc1NCCc1ccc(Cl)cc1. The van der Waals surface area contributed by atoms with E-state index in [2.05, 4.69) is 10.3 Å². The van der Waals surface area contributed by atoms with Gasteiger partial charge in [-0.2, -0.15) is 0 Å². The maximum Gasteiger partial charge on any atom is 0.312 e. The first-order valence-corrected chi connectivity index (χ1v) is 6.60. The Kier molecular flexibility index (Phi) is 4.76. The molecule has 0 aliphatic heterocycles. The van der Waals surface area contributed by atoms with Crippen molar-refractivity contribution in [1.82, 2.24) is 4.98 Å². The number of pyridine rings is 1. The van der Waals surface area contributed by atoms with Gasteiger partial charge in [-0.3, -0.25) is 10.1 Å². The fraction of sp³-hybridized carbons (Fsp3) is 0.154. The van der Waals surface area contributed by atoms with E-state index in [4.69, 9.17) is 23.2 Å². The maximum atomic E-state index is 10.9. The Morgan fingerprint density at radius 2 is 1.90 bits per heavy atom. The molecule has 0 aliphatic carbocycles. The molecule has 0 aliphatic rings. The van der Waals surface area contributed by atoms with Gasteiger partial charge in [-0.25, -0.2) is 4.98 Å². The number of hydrogen-bond donors (Lipinski definition) is 1. The Bertz CT molecular complexity index is 618. The predicted octanol–water partition coefficient (Wildman–Crippen LogP) is 3.95. The van der Waals surface area contributed by atoms with Crippen molar-refractivity contribution in [2.24, 2.45) is 0 Å². The molecule has 1 heterocycles. The van der Waals surface area contributed by atoms with Crippen LogP contribution in [-0.2, 0) is 6.42 Å². The Hall–Kier alpha value is -1.85. The highest BCUT2D eigenvalue weighted by molar-refractivity contribution is 6.30. The van der Waals surface area contributed by atoms with E-state index >= 15 is 0 Å². The first-order chi connectivity index (χ1) is 9.56. The molecule has 0 atom stereocenters. The molecule has 1 aromatic carbocycles. The topological polar surface area (TPSA) is 68.1 Å². The average molecular weight is 312 g/mol.